The molecule has 1 aromatic heterocycles. The number of carbonyl (C=O) groups excluding carboxylic acids is 2. The van der Waals surface area contributed by atoms with Gasteiger partial charge in [0.25, 0.3) is 5.91 Å². The summed E-state index contributed by atoms with van der Waals surface area (Å²) in [7, 11) is 5.35. The fourth-order valence-electron chi connectivity index (χ4n) is 3.36. The van der Waals surface area contributed by atoms with E-state index < -0.39 is 0 Å². The Morgan fingerprint density at radius 1 is 1.00 bits per heavy atom. The molecule has 1 aliphatic rings. The van der Waals surface area contributed by atoms with Crippen molar-refractivity contribution in [2.75, 3.05) is 37.5 Å². The van der Waals surface area contributed by atoms with Crippen molar-refractivity contribution in [3.05, 3.63) is 66.4 Å². The Balaban J connectivity index is 1.96. The average Bonchev–Trinajstić information content (AvgIpc) is 2.81. The van der Waals surface area contributed by atoms with Gasteiger partial charge >= 0.3 is 0 Å². The number of amides is 2. The number of rotatable bonds is 3. The van der Waals surface area contributed by atoms with Gasteiger partial charge < -0.3 is 9.80 Å². The minimum Gasteiger partial charge on any atom is -0.309 e. The van der Waals surface area contributed by atoms with Crippen LogP contribution in [0.15, 0.2) is 60.8 Å². The minimum absolute atomic E-state index is 0.176. The summed E-state index contributed by atoms with van der Waals surface area (Å²) in [5, 5.41) is 0. The van der Waals surface area contributed by atoms with E-state index in [0.717, 1.165) is 5.56 Å². The Bertz CT molecular complexity index is 1080. The molecule has 0 N–H and O–H groups in total. The number of fused-ring (bicyclic) bond motifs is 2. The molecule has 2 heterocycles. The molecular weight excluding hydrogens is 366 g/mol. The van der Waals surface area contributed by atoms with Gasteiger partial charge in [-0.3, -0.25) is 14.5 Å². The van der Waals surface area contributed by atoms with Gasteiger partial charge in [0.2, 0.25) is 5.91 Å². The molecule has 0 atom stereocenters. The molecule has 0 fully saturated rings. The Kier molecular flexibility index (Phi) is 4.82. The number of anilines is 3. The maximum absolute atomic E-state index is 13.2. The largest absolute Gasteiger partial charge is 0.309 e. The van der Waals surface area contributed by atoms with Crippen molar-refractivity contribution in [3.63, 3.8) is 0 Å². The maximum Gasteiger partial charge on any atom is 0.263 e. The normalized spacial score (nSPS) is 13.2. The average molecular weight is 387 g/mol. The number of aromatic nitrogens is 2. The van der Waals surface area contributed by atoms with E-state index in [0.29, 0.717) is 23.0 Å². The Hall–Kier alpha value is -3.58. The predicted octanol–water partition coefficient (Wildman–Crippen LogP) is 2.96. The summed E-state index contributed by atoms with van der Waals surface area (Å²) < 4.78 is 0. The van der Waals surface area contributed by atoms with Crippen molar-refractivity contribution in [2.45, 2.75) is 0 Å². The number of carbonyl (C=O) groups is 2. The summed E-state index contributed by atoms with van der Waals surface area (Å²) in [4.78, 5) is 40.3. The lowest BCUT2D eigenvalue weighted by molar-refractivity contribution is -0.118. The molecule has 146 valence electrons. The first-order chi connectivity index (χ1) is 14.0. The topological polar surface area (TPSA) is 69.6 Å². The Morgan fingerprint density at radius 3 is 2.34 bits per heavy atom. The summed E-state index contributed by atoms with van der Waals surface area (Å²) in [6.07, 6.45) is 1.51. The number of hydrogen-bond acceptors (Lipinski definition) is 5. The van der Waals surface area contributed by atoms with Crippen LogP contribution in [0.3, 0.4) is 0 Å². The molecule has 0 unspecified atom stereocenters. The van der Waals surface area contributed by atoms with Gasteiger partial charge in [-0.1, -0.05) is 42.5 Å². The van der Waals surface area contributed by atoms with Crippen molar-refractivity contribution < 1.29 is 9.59 Å². The smallest absolute Gasteiger partial charge is 0.263 e. The molecule has 2 amide bonds. The van der Waals surface area contributed by atoms with Crippen molar-refractivity contribution in [1.29, 1.82) is 0 Å². The van der Waals surface area contributed by atoms with Crippen LogP contribution in [0.4, 0.5) is 17.2 Å². The van der Waals surface area contributed by atoms with E-state index in [1.165, 1.54) is 16.0 Å². The maximum atomic E-state index is 13.2. The third-order valence-electron chi connectivity index (χ3n) is 4.73. The van der Waals surface area contributed by atoms with E-state index in [2.05, 4.69) is 9.97 Å². The van der Waals surface area contributed by atoms with Crippen LogP contribution in [0.1, 0.15) is 10.4 Å². The molecule has 3 aromatic rings. The van der Waals surface area contributed by atoms with E-state index in [9.17, 15) is 9.59 Å². The molecule has 0 saturated heterocycles. The van der Waals surface area contributed by atoms with E-state index in [4.69, 9.17) is 0 Å². The number of likely N-dealkylation sites (N-methyl/N-ethyl adjacent to an activating group) is 1. The van der Waals surface area contributed by atoms with Crippen molar-refractivity contribution in [3.8, 4) is 11.4 Å². The summed E-state index contributed by atoms with van der Waals surface area (Å²) in [5.41, 5.74) is 2.36. The number of para-hydroxylation sites is 2. The zero-order valence-electron chi connectivity index (χ0n) is 16.5. The Morgan fingerprint density at radius 2 is 1.66 bits per heavy atom. The Labute approximate surface area is 169 Å². The second-order valence-corrected chi connectivity index (χ2v) is 7.12. The number of benzene rings is 2. The van der Waals surface area contributed by atoms with Crippen molar-refractivity contribution >= 4 is 29.0 Å². The lowest BCUT2D eigenvalue weighted by Gasteiger charge is -2.25. The fraction of sp³-hybridized carbons (Fsp3) is 0.182. The lowest BCUT2D eigenvalue weighted by atomic mass is 10.2. The molecule has 0 spiro atoms. The van der Waals surface area contributed by atoms with Crippen LogP contribution in [0.5, 0.6) is 0 Å². The van der Waals surface area contributed by atoms with Gasteiger partial charge in [-0.05, 0) is 26.2 Å². The number of nitrogens with zero attached hydrogens (tertiary/aromatic N) is 5. The van der Waals surface area contributed by atoms with Crippen molar-refractivity contribution in [1.82, 2.24) is 14.9 Å². The van der Waals surface area contributed by atoms with Gasteiger partial charge in [-0.2, -0.15) is 0 Å². The SMILES string of the molecule is CN(C)CC(=O)N1c2ccccc2N(C)C(=O)c2cnc(-c3ccccc3)nc21. The second kappa shape index (κ2) is 7.44. The molecule has 29 heavy (non-hydrogen) atoms. The van der Waals surface area contributed by atoms with Gasteiger partial charge in [-0.15, -0.1) is 0 Å². The highest BCUT2D eigenvalue weighted by Crippen LogP contribution is 2.39. The highest BCUT2D eigenvalue weighted by atomic mass is 16.2. The third kappa shape index (κ3) is 3.36. The summed E-state index contributed by atoms with van der Waals surface area (Å²) in [6.45, 7) is 0.177. The first-order valence-electron chi connectivity index (χ1n) is 9.24. The highest BCUT2D eigenvalue weighted by molar-refractivity contribution is 6.18. The van der Waals surface area contributed by atoms with Crippen molar-refractivity contribution in [2.24, 2.45) is 0 Å². The van der Waals surface area contributed by atoms with Gasteiger partial charge in [0.15, 0.2) is 11.6 Å². The van der Waals surface area contributed by atoms with Crippen LogP contribution in [0.2, 0.25) is 0 Å². The third-order valence-corrected chi connectivity index (χ3v) is 4.73. The minimum atomic E-state index is -0.257. The standard InChI is InChI=1S/C22H21N5O2/c1-25(2)14-19(28)27-18-12-8-7-11-17(18)26(3)22(29)16-13-23-20(24-21(16)27)15-9-5-4-6-10-15/h4-13H,14H2,1-3H3. The predicted molar refractivity (Wildman–Crippen MR) is 112 cm³/mol. The molecule has 0 bridgehead atoms. The molecule has 0 saturated carbocycles. The second-order valence-electron chi connectivity index (χ2n) is 7.12. The zero-order valence-corrected chi connectivity index (χ0v) is 16.5. The van der Waals surface area contributed by atoms with Crippen LogP contribution < -0.4 is 9.80 Å². The van der Waals surface area contributed by atoms with E-state index in [1.54, 1.807) is 11.9 Å². The molecule has 0 aliphatic carbocycles. The van der Waals surface area contributed by atoms with E-state index >= 15 is 0 Å². The van der Waals surface area contributed by atoms with Crippen LogP contribution in [-0.4, -0.2) is 54.4 Å². The fourth-order valence-corrected chi connectivity index (χ4v) is 3.36. The van der Waals surface area contributed by atoms with Crippen LogP contribution in [0, 0.1) is 0 Å². The molecule has 1 aliphatic heterocycles. The molecule has 2 aromatic carbocycles. The summed E-state index contributed by atoms with van der Waals surface area (Å²) in [5.74, 6) is 0.325. The quantitative estimate of drug-likeness (QED) is 0.691. The summed E-state index contributed by atoms with van der Waals surface area (Å²) in [6, 6.07) is 16.8. The van der Waals surface area contributed by atoms with Gasteiger partial charge in [0, 0.05) is 18.8 Å². The monoisotopic (exact) mass is 387 g/mol. The van der Waals surface area contributed by atoms with Crippen LogP contribution >= 0.6 is 0 Å². The molecule has 4 rings (SSSR count). The molecule has 7 heteroatoms. The highest BCUT2D eigenvalue weighted by Gasteiger charge is 2.34. The van der Waals surface area contributed by atoms with Gasteiger partial charge in [-0.25, -0.2) is 9.97 Å². The molecule has 7 nitrogen and oxygen atoms in total. The van der Waals surface area contributed by atoms with E-state index in [1.807, 2.05) is 68.7 Å². The van der Waals surface area contributed by atoms with E-state index in [-0.39, 0.29) is 23.9 Å². The van der Waals surface area contributed by atoms with Crippen LogP contribution in [0.25, 0.3) is 11.4 Å². The zero-order chi connectivity index (χ0) is 20.5. The first kappa shape index (κ1) is 18.8. The van der Waals surface area contributed by atoms with Gasteiger partial charge in [0.1, 0.15) is 5.56 Å². The van der Waals surface area contributed by atoms with Gasteiger partial charge in [0.05, 0.1) is 17.9 Å². The lowest BCUT2D eigenvalue weighted by Crippen LogP contribution is -2.35. The van der Waals surface area contributed by atoms with Crippen LogP contribution in [-0.2, 0) is 4.79 Å². The molecular formula is C22H21N5O2. The molecule has 0 radical (unpaired) electrons. The number of hydrogen-bond donors (Lipinski definition) is 0. The summed E-state index contributed by atoms with van der Waals surface area (Å²) >= 11 is 0. The first-order valence-corrected chi connectivity index (χ1v) is 9.24.